The maximum Gasteiger partial charge on any atom is 0.357 e. The third kappa shape index (κ3) is 27.8. The molecule has 0 atom stereocenters. The van der Waals surface area contributed by atoms with Gasteiger partial charge in [0, 0.05) is 22.7 Å². The first-order chi connectivity index (χ1) is 25.6. The number of rotatable bonds is 4. The van der Waals surface area contributed by atoms with Gasteiger partial charge < -0.3 is 0 Å². The second-order valence-electron chi connectivity index (χ2n) is 9.99. The van der Waals surface area contributed by atoms with Gasteiger partial charge in [-0.05, 0) is 70.4 Å². The monoisotopic (exact) mass is 916 g/mol. The number of benzene rings is 6. The Balaban J connectivity index is -0.000000138. The lowest BCUT2D eigenvalue weighted by atomic mass is 10.1. The lowest BCUT2D eigenvalue weighted by Crippen LogP contribution is -3.61. The van der Waals surface area contributed by atoms with Crippen molar-refractivity contribution < 1.29 is 21.2 Å². The van der Waals surface area contributed by atoms with Crippen molar-refractivity contribution in [3.05, 3.63) is 159 Å². The molecule has 3 heteroatoms. The van der Waals surface area contributed by atoms with E-state index in [0.29, 0.717) is 10.9 Å². The molecule has 56 heavy (non-hydrogen) atoms. The number of halogens is 1. The molecule has 0 aliphatic carbocycles. The van der Waals surface area contributed by atoms with Crippen LogP contribution < -0.4 is 21.2 Å². The second kappa shape index (κ2) is 46.7. The fourth-order valence-corrected chi connectivity index (χ4v) is 8.92. The van der Waals surface area contributed by atoms with Crippen LogP contribution in [0.15, 0.2) is 157 Å². The van der Waals surface area contributed by atoms with E-state index in [1.54, 1.807) is 0 Å². The van der Waals surface area contributed by atoms with E-state index >= 15 is 0 Å². The van der Waals surface area contributed by atoms with Crippen molar-refractivity contribution in [1.29, 1.82) is 0 Å². The quantitative estimate of drug-likeness (QED) is 0.122. The van der Waals surface area contributed by atoms with E-state index < -0.39 is 0 Å². The van der Waals surface area contributed by atoms with Gasteiger partial charge in [-0.1, -0.05) is 214 Å². The molecular formula is C53H88IS2+3. The van der Waals surface area contributed by atoms with Gasteiger partial charge in [-0.25, -0.2) is 0 Å². The van der Waals surface area contributed by atoms with Gasteiger partial charge in [0.15, 0.2) is 12.0 Å². The maximum atomic E-state index is 2.29. The van der Waals surface area contributed by atoms with Gasteiger partial charge in [-0.15, -0.1) is 0 Å². The maximum absolute atomic E-state index is 2.29. The predicted octanol–water partition coefficient (Wildman–Crippen LogP) is 14.4. The van der Waals surface area contributed by atoms with Gasteiger partial charge in [0.25, 0.3) is 0 Å². The topological polar surface area (TPSA) is 0 Å². The Kier molecular flexibility index (Phi) is 54.3. The Morgan fingerprint density at radius 3 is 1.05 bits per heavy atom. The van der Waals surface area contributed by atoms with Crippen LogP contribution in [0, 0.1) is 7.14 Å². The molecule has 316 valence electrons. The van der Waals surface area contributed by atoms with Gasteiger partial charge in [0.05, 0.1) is 0 Å². The molecule has 6 aromatic rings. The summed E-state index contributed by atoms with van der Waals surface area (Å²) < 4.78 is 2.96. The Morgan fingerprint density at radius 2 is 0.750 bits per heavy atom. The Labute approximate surface area is 367 Å². The van der Waals surface area contributed by atoms with Gasteiger partial charge >= 0.3 is 21.2 Å². The van der Waals surface area contributed by atoms with E-state index in [2.05, 4.69) is 171 Å². The zero-order chi connectivity index (χ0) is 39.4. The van der Waals surface area contributed by atoms with Crippen molar-refractivity contribution >= 4 is 43.3 Å². The summed E-state index contributed by atoms with van der Waals surface area (Å²) in [4.78, 5) is 1.47. The van der Waals surface area contributed by atoms with E-state index in [1.165, 1.54) is 57.3 Å². The van der Waals surface area contributed by atoms with Crippen molar-refractivity contribution in [3.8, 4) is 0 Å². The van der Waals surface area contributed by atoms with Gasteiger partial charge in [-0.3, -0.25) is 0 Å². The lowest BCUT2D eigenvalue weighted by molar-refractivity contribution is -0.597. The SMILES string of the molecule is C.C.C.C.CC.CC.CC.CC.CC.CC[S+]1CCC1.C[S+](C)c1cccc2ccccc12.c1ccc([I+]c2ccccc2)cc1.c1ccc2ccccc2c1. The van der Waals surface area contributed by atoms with Crippen LogP contribution in [-0.4, -0.2) is 29.8 Å². The van der Waals surface area contributed by atoms with Crippen molar-refractivity contribution in [2.45, 2.75) is 117 Å². The van der Waals surface area contributed by atoms with Gasteiger partial charge in [0.2, 0.25) is 0 Å². The number of hydrogen-bond donors (Lipinski definition) is 0. The van der Waals surface area contributed by atoms with Crippen LogP contribution in [-0.2, 0) is 21.8 Å². The van der Waals surface area contributed by atoms with Crippen LogP contribution in [0.5, 0.6) is 0 Å². The Morgan fingerprint density at radius 1 is 0.429 bits per heavy atom. The molecule has 0 radical (unpaired) electrons. The molecular weight excluding hydrogens is 828 g/mol. The van der Waals surface area contributed by atoms with E-state index in [-0.39, 0.29) is 50.9 Å². The zero-order valence-corrected chi connectivity index (χ0v) is 38.7. The highest BCUT2D eigenvalue weighted by atomic mass is 127. The molecule has 1 aliphatic heterocycles. The van der Waals surface area contributed by atoms with Crippen LogP contribution in [0.4, 0.5) is 0 Å². The van der Waals surface area contributed by atoms with Crippen molar-refractivity contribution in [2.24, 2.45) is 0 Å². The molecule has 1 heterocycles. The van der Waals surface area contributed by atoms with Crippen molar-refractivity contribution in [3.63, 3.8) is 0 Å². The molecule has 0 bridgehead atoms. The largest absolute Gasteiger partial charge is 0.357 e. The molecule has 7 rings (SSSR count). The minimum absolute atomic E-state index is 0. The highest BCUT2D eigenvalue weighted by Gasteiger charge is 2.24. The molecule has 0 amide bonds. The average molecular weight is 916 g/mol. The molecule has 0 saturated carbocycles. The summed E-state index contributed by atoms with van der Waals surface area (Å²) in [5, 5.41) is 5.37. The molecule has 0 N–H and O–H groups in total. The Bertz CT molecular complexity index is 1490. The first-order valence-electron chi connectivity index (χ1n) is 19.5. The normalized spacial score (nSPS) is 9.68. The van der Waals surface area contributed by atoms with E-state index in [1.807, 2.05) is 69.2 Å². The third-order valence-corrected chi connectivity index (χ3v) is 13.3. The molecule has 0 unspecified atom stereocenters. The fraction of sp³-hybridized carbons (Fsp3) is 0.396. The summed E-state index contributed by atoms with van der Waals surface area (Å²) in [5.74, 6) is 4.52. The highest BCUT2D eigenvalue weighted by molar-refractivity contribution is 7.98. The summed E-state index contributed by atoms with van der Waals surface area (Å²) in [5.41, 5.74) is 0. The highest BCUT2D eigenvalue weighted by Crippen LogP contribution is 2.22. The van der Waals surface area contributed by atoms with Crippen LogP contribution in [0.2, 0.25) is 0 Å². The number of hydrogen-bond acceptors (Lipinski definition) is 0. The fourth-order valence-electron chi connectivity index (χ4n) is 4.40. The lowest BCUT2D eigenvalue weighted by Gasteiger charge is -2.12. The van der Waals surface area contributed by atoms with Crippen LogP contribution in [0.3, 0.4) is 0 Å². The van der Waals surface area contributed by atoms with E-state index in [0.717, 1.165) is 10.9 Å². The minimum atomic E-state index is 0. The molecule has 6 aromatic carbocycles. The molecule has 1 fully saturated rings. The van der Waals surface area contributed by atoms with Crippen molar-refractivity contribution in [2.75, 3.05) is 29.8 Å². The average Bonchev–Trinajstić information content (AvgIpc) is 3.22. The summed E-state index contributed by atoms with van der Waals surface area (Å²) in [6.45, 7) is 22.3. The van der Waals surface area contributed by atoms with E-state index in [4.69, 9.17) is 0 Å². The minimum Gasteiger partial charge on any atom is -0.0776 e. The Hall–Kier alpha value is -2.73. The first kappa shape index (κ1) is 65.1. The van der Waals surface area contributed by atoms with Crippen LogP contribution >= 0.6 is 0 Å². The summed E-state index contributed by atoms with van der Waals surface area (Å²) in [6, 6.07) is 53.2. The van der Waals surface area contributed by atoms with Crippen LogP contribution in [0.1, 0.15) is 112 Å². The third-order valence-electron chi connectivity index (χ3n) is 6.81. The standard InChI is InChI=1S/C12H10I.C12H13S.C10H8.C5H11S.5C2H6.4CH4/c1-3-7-11(8-4-1)13-12-9-5-2-6-10-12;1-13(2)12-9-5-7-10-6-3-4-8-11(10)12;1-2-6-10-8-4-3-7-9(10)5-1;1-2-6-4-3-5-6;5*1-2;;;;/h1-10H;3-9H,1-2H3;1-8H;2-5H2,1H3;5*1-2H3;4*1H4/q2*+1;;+1;;;;;;;;;. The molecule has 1 aliphatic rings. The summed E-state index contributed by atoms with van der Waals surface area (Å²) in [6.07, 6.45) is 6.04. The molecule has 0 nitrogen and oxygen atoms in total. The van der Waals surface area contributed by atoms with Gasteiger partial charge in [-0.2, -0.15) is 0 Å². The van der Waals surface area contributed by atoms with Crippen molar-refractivity contribution in [1.82, 2.24) is 0 Å². The van der Waals surface area contributed by atoms with E-state index in [9.17, 15) is 0 Å². The first-order valence-corrected chi connectivity index (χ1v) is 25.4. The molecule has 0 spiro atoms. The van der Waals surface area contributed by atoms with Gasteiger partial charge in [0.1, 0.15) is 29.8 Å². The molecule has 0 aromatic heterocycles. The summed E-state index contributed by atoms with van der Waals surface area (Å²) in [7, 11) is 1.24. The second-order valence-corrected chi connectivity index (χ2v) is 17.7. The predicted molar refractivity (Wildman–Crippen MR) is 272 cm³/mol. The summed E-state index contributed by atoms with van der Waals surface area (Å²) >= 11 is 0.0287. The molecule has 1 saturated heterocycles. The smallest absolute Gasteiger partial charge is 0.0776 e. The van der Waals surface area contributed by atoms with Crippen LogP contribution in [0.25, 0.3) is 21.5 Å². The number of fused-ring (bicyclic) bond motifs is 2. The zero-order valence-electron chi connectivity index (χ0n) is 35.0.